The van der Waals surface area contributed by atoms with Crippen molar-refractivity contribution in [3.8, 4) is 0 Å². The molecule has 15 heavy (non-hydrogen) atoms. The SMILES string of the molecule is CCNCc1csc2c1CC(C)OC2C. The zero-order valence-corrected chi connectivity index (χ0v) is 10.5. The zero-order valence-electron chi connectivity index (χ0n) is 9.67. The van der Waals surface area contributed by atoms with E-state index in [4.69, 9.17) is 4.74 Å². The fourth-order valence-electron chi connectivity index (χ4n) is 2.16. The van der Waals surface area contributed by atoms with E-state index >= 15 is 0 Å². The standard InChI is InChI=1S/C12H19NOS/c1-4-13-6-10-7-15-12-9(3)14-8(2)5-11(10)12/h7-9,13H,4-6H2,1-3H3. The number of nitrogens with one attached hydrogen (secondary N) is 1. The van der Waals surface area contributed by atoms with E-state index in [-0.39, 0.29) is 6.10 Å². The quantitative estimate of drug-likeness (QED) is 0.854. The van der Waals surface area contributed by atoms with Crippen LogP contribution in [0.4, 0.5) is 0 Å². The summed E-state index contributed by atoms with van der Waals surface area (Å²) in [6.07, 6.45) is 1.72. The summed E-state index contributed by atoms with van der Waals surface area (Å²) in [7, 11) is 0. The molecule has 0 aromatic carbocycles. The van der Waals surface area contributed by atoms with Crippen LogP contribution in [0.3, 0.4) is 0 Å². The molecule has 2 heterocycles. The molecule has 0 fully saturated rings. The van der Waals surface area contributed by atoms with Gasteiger partial charge in [-0.25, -0.2) is 0 Å². The molecule has 1 aromatic rings. The summed E-state index contributed by atoms with van der Waals surface area (Å²) in [5.74, 6) is 0. The Bertz CT molecular complexity index is 334. The lowest BCUT2D eigenvalue weighted by atomic mass is 9.99. The van der Waals surface area contributed by atoms with Crippen LogP contribution in [0, 0.1) is 0 Å². The summed E-state index contributed by atoms with van der Waals surface area (Å²) in [4.78, 5) is 1.43. The maximum atomic E-state index is 5.82. The molecule has 2 unspecified atom stereocenters. The van der Waals surface area contributed by atoms with Gasteiger partial charge in [-0.2, -0.15) is 0 Å². The van der Waals surface area contributed by atoms with Gasteiger partial charge in [0.05, 0.1) is 12.2 Å². The van der Waals surface area contributed by atoms with Gasteiger partial charge in [-0.15, -0.1) is 11.3 Å². The second-order valence-electron chi connectivity index (χ2n) is 4.18. The van der Waals surface area contributed by atoms with E-state index in [2.05, 4.69) is 31.5 Å². The lowest BCUT2D eigenvalue weighted by Gasteiger charge is -2.26. The summed E-state index contributed by atoms with van der Waals surface area (Å²) in [5.41, 5.74) is 3.01. The van der Waals surface area contributed by atoms with Crippen molar-refractivity contribution in [2.75, 3.05) is 6.54 Å². The predicted octanol–water partition coefficient (Wildman–Crippen LogP) is 2.88. The number of fused-ring (bicyclic) bond motifs is 1. The van der Waals surface area contributed by atoms with Crippen molar-refractivity contribution in [1.82, 2.24) is 5.32 Å². The van der Waals surface area contributed by atoms with Crippen LogP contribution in [0.25, 0.3) is 0 Å². The van der Waals surface area contributed by atoms with Crippen LogP contribution in [0.2, 0.25) is 0 Å². The van der Waals surface area contributed by atoms with E-state index in [0.717, 1.165) is 19.5 Å². The first-order valence-corrected chi connectivity index (χ1v) is 6.55. The molecule has 0 saturated carbocycles. The maximum absolute atomic E-state index is 5.82. The molecule has 0 saturated heterocycles. The van der Waals surface area contributed by atoms with E-state index < -0.39 is 0 Å². The maximum Gasteiger partial charge on any atom is 0.0895 e. The Morgan fingerprint density at radius 1 is 1.53 bits per heavy atom. The van der Waals surface area contributed by atoms with Gasteiger partial charge in [0.1, 0.15) is 0 Å². The summed E-state index contributed by atoms with van der Waals surface area (Å²) >= 11 is 1.85. The van der Waals surface area contributed by atoms with Crippen LogP contribution in [0.15, 0.2) is 5.38 Å². The second kappa shape index (κ2) is 4.64. The van der Waals surface area contributed by atoms with Crippen molar-refractivity contribution in [2.45, 2.75) is 45.9 Å². The lowest BCUT2D eigenvalue weighted by Crippen LogP contribution is -2.22. The third kappa shape index (κ3) is 2.25. The normalized spacial score (nSPS) is 25.3. The molecule has 2 nitrogen and oxygen atoms in total. The Labute approximate surface area is 95.6 Å². The third-order valence-corrected chi connectivity index (χ3v) is 4.11. The molecule has 1 aliphatic rings. The average Bonchev–Trinajstić information content (AvgIpc) is 2.58. The molecule has 0 bridgehead atoms. The molecular weight excluding hydrogens is 206 g/mol. The minimum atomic E-state index is 0.282. The fraction of sp³-hybridized carbons (Fsp3) is 0.667. The lowest BCUT2D eigenvalue weighted by molar-refractivity contribution is -0.00237. The van der Waals surface area contributed by atoms with E-state index in [9.17, 15) is 0 Å². The van der Waals surface area contributed by atoms with E-state index in [1.165, 1.54) is 16.0 Å². The molecule has 0 spiro atoms. The van der Waals surface area contributed by atoms with Gasteiger partial charge in [0, 0.05) is 11.4 Å². The largest absolute Gasteiger partial charge is 0.370 e. The van der Waals surface area contributed by atoms with Gasteiger partial charge >= 0.3 is 0 Å². The van der Waals surface area contributed by atoms with E-state index in [0.29, 0.717) is 6.10 Å². The first-order chi connectivity index (χ1) is 7.22. The van der Waals surface area contributed by atoms with Crippen molar-refractivity contribution in [3.63, 3.8) is 0 Å². The first-order valence-electron chi connectivity index (χ1n) is 5.67. The molecule has 2 rings (SSSR count). The minimum absolute atomic E-state index is 0.282. The van der Waals surface area contributed by atoms with Crippen LogP contribution in [0.5, 0.6) is 0 Å². The van der Waals surface area contributed by atoms with E-state index in [1.807, 2.05) is 11.3 Å². The van der Waals surface area contributed by atoms with Crippen LogP contribution < -0.4 is 5.32 Å². The van der Waals surface area contributed by atoms with Crippen LogP contribution in [0.1, 0.15) is 42.9 Å². The van der Waals surface area contributed by atoms with Gasteiger partial charge in [0.2, 0.25) is 0 Å². The molecule has 1 aromatic heterocycles. The predicted molar refractivity (Wildman–Crippen MR) is 64.4 cm³/mol. The Morgan fingerprint density at radius 3 is 3.07 bits per heavy atom. The Hall–Kier alpha value is -0.380. The van der Waals surface area contributed by atoms with E-state index in [1.54, 1.807) is 0 Å². The highest BCUT2D eigenvalue weighted by Gasteiger charge is 2.25. The summed E-state index contributed by atoms with van der Waals surface area (Å²) < 4.78 is 5.82. The van der Waals surface area contributed by atoms with Gasteiger partial charge < -0.3 is 10.1 Å². The highest BCUT2D eigenvalue weighted by molar-refractivity contribution is 7.10. The molecule has 0 amide bonds. The monoisotopic (exact) mass is 225 g/mol. The fourth-order valence-corrected chi connectivity index (χ4v) is 3.26. The first kappa shape index (κ1) is 11.1. The van der Waals surface area contributed by atoms with Gasteiger partial charge in [-0.3, -0.25) is 0 Å². The van der Waals surface area contributed by atoms with Crippen molar-refractivity contribution in [2.24, 2.45) is 0 Å². The molecule has 84 valence electrons. The van der Waals surface area contributed by atoms with Gasteiger partial charge in [0.15, 0.2) is 0 Å². The van der Waals surface area contributed by atoms with Crippen molar-refractivity contribution >= 4 is 11.3 Å². The smallest absolute Gasteiger partial charge is 0.0895 e. The molecule has 1 aliphatic heterocycles. The van der Waals surface area contributed by atoms with Crippen molar-refractivity contribution in [3.05, 3.63) is 21.4 Å². The van der Waals surface area contributed by atoms with Gasteiger partial charge in [0.25, 0.3) is 0 Å². The minimum Gasteiger partial charge on any atom is -0.370 e. The molecule has 1 N–H and O–H groups in total. The topological polar surface area (TPSA) is 21.3 Å². The molecule has 2 atom stereocenters. The molecular formula is C12H19NOS. The molecule has 0 aliphatic carbocycles. The highest BCUT2D eigenvalue weighted by atomic mass is 32.1. The molecule has 0 radical (unpaired) electrons. The Morgan fingerprint density at radius 2 is 2.33 bits per heavy atom. The third-order valence-electron chi connectivity index (χ3n) is 2.88. The highest BCUT2D eigenvalue weighted by Crippen LogP contribution is 2.36. The average molecular weight is 225 g/mol. The number of ether oxygens (including phenoxy) is 1. The number of hydrogen-bond donors (Lipinski definition) is 1. The van der Waals surface area contributed by atoms with Gasteiger partial charge in [-0.1, -0.05) is 6.92 Å². The number of rotatable bonds is 3. The number of thiophene rings is 1. The van der Waals surface area contributed by atoms with Crippen molar-refractivity contribution < 1.29 is 4.74 Å². The van der Waals surface area contributed by atoms with Crippen LogP contribution in [-0.2, 0) is 17.7 Å². The molecule has 3 heteroatoms. The summed E-state index contributed by atoms with van der Waals surface area (Å²) in [5, 5.41) is 5.68. The van der Waals surface area contributed by atoms with Crippen LogP contribution >= 0.6 is 11.3 Å². The van der Waals surface area contributed by atoms with Gasteiger partial charge in [-0.05, 0) is 43.3 Å². The summed E-state index contributed by atoms with van der Waals surface area (Å²) in [6.45, 7) is 8.50. The Balaban J connectivity index is 2.21. The number of hydrogen-bond acceptors (Lipinski definition) is 3. The second-order valence-corrected chi connectivity index (χ2v) is 5.09. The Kier molecular flexibility index (Phi) is 3.44. The van der Waals surface area contributed by atoms with Crippen LogP contribution in [-0.4, -0.2) is 12.6 Å². The zero-order chi connectivity index (χ0) is 10.8. The van der Waals surface area contributed by atoms with Crippen molar-refractivity contribution in [1.29, 1.82) is 0 Å². The summed E-state index contributed by atoms with van der Waals surface area (Å²) in [6, 6.07) is 0.